The number of rotatable bonds is 15. The highest BCUT2D eigenvalue weighted by atomic mass is 32.2. The maximum absolute atomic E-state index is 15.0. The number of hydrogen-bond acceptors (Lipinski definition) is 7. The van der Waals surface area contributed by atoms with Crippen LogP contribution in [0, 0.1) is 5.41 Å². The lowest BCUT2D eigenvalue weighted by molar-refractivity contribution is -0.156. The molecule has 0 spiro atoms. The van der Waals surface area contributed by atoms with Crippen LogP contribution in [-0.2, 0) is 26.0 Å². The molecule has 1 aliphatic rings. The van der Waals surface area contributed by atoms with E-state index in [0.29, 0.717) is 35.3 Å². The van der Waals surface area contributed by atoms with Crippen molar-refractivity contribution in [2.75, 3.05) is 20.3 Å². The molecule has 288 valence electrons. The van der Waals surface area contributed by atoms with Gasteiger partial charge in [0.1, 0.15) is 6.04 Å². The van der Waals surface area contributed by atoms with E-state index in [0.717, 1.165) is 18.2 Å². The fourth-order valence-corrected chi connectivity index (χ4v) is 9.55. The molecule has 0 fully saturated rings. The van der Waals surface area contributed by atoms with Crippen LogP contribution >= 0.6 is 11.3 Å². The summed E-state index contributed by atoms with van der Waals surface area (Å²) in [6, 6.07) is 22.2. The smallest absolute Gasteiger partial charge is 0.407 e. The molecule has 0 saturated carbocycles. The van der Waals surface area contributed by atoms with E-state index in [2.05, 4.69) is 5.32 Å². The van der Waals surface area contributed by atoms with Gasteiger partial charge in [0.25, 0.3) is 0 Å². The Morgan fingerprint density at radius 1 is 0.926 bits per heavy atom. The second kappa shape index (κ2) is 17.0. The molecule has 13 heteroatoms. The molecule has 1 amide bonds. The second-order valence-electron chi connectivity index (χ2n) is 14.5. The first-order chi connectivity index (χ1) is 25.5. The molecule has 0 aliphatic heterocycles. The minimum absolute atomic E-state index is 0.000356. The van der Waals surface area contributed by atoms with E-state index in [1.807, 2.05) is 32.9 Å². The zero-order valence-corrected chi connectivity index (χ0v) is 32.2. The van der Waals surface area contributed by atoms with Crippen molar-refractivity contribution in [1.29, 1.82) is 0 Å². The van der Waals surface area contributed by atoms with E-state index in [1.165, 1.54) is 22.5 Å². The van der Waals surface area contributed by atoms with E-state index in [1.54, 1.807) is 72.8 Å². The van der Waals surface area contributed by atoms with Gasteiger partial charge in [-0.2, -0.15) is 17.5 Å². The van der Waals surface area contributed by atoms with E-state index >= 15 is 13.2 Å². The van der Waals surface area contributed by atoms with Crippen molar-refractivity contribution in [1.82, 2.24) is 9.62 Å². The van der Waals surface area contributed by atoms with Crippen LogP contribution in [0.2, 0.25) is 0 Å². The van der Waals surface area contributed by atoms with Crippen LogP contribution in [0.15, 0.2) is 102 Å². The van der Waals surface area contributed by atoms with E-state index in [9.17, 15) is 23.1 Å². The lowest BCUT2D eigenvalue weighted by Crippen LogP contribution is -2.46. The molecular weight excluding hydrogens is 738 g/mol. The van der Waals surface area contributed by atoms with Gasteiger partial charge >= 0.3 is 12.3 Å². The van der Waals surface area contributed by atoms with Crippen molar-refractivity contribution < 1.29 is 41.0 Å². The van der Waals surface area contributed by atoms with Crippen molar-refractivity contribution >= 4 is 39.3 Å². The average Bonchev–Trinajstić information content (AvgIpc) is 3.81. The van der Waals surface area contributed by atoms with Crippen LogP contribution in [0.3, 0.4) is 0 Å². The van der Waals surface area contributed by atoms with Gasteiger partial charge in [-0.25, -0.2) is 13.2 Å². The van der Waals surface area contributed by atoms with E-state index in [4.69, 9.17) is 4.74 Å². The van der Waals surface area contributed by atoms with Gasteiger partial charge < -0.3 is 15.2 Å². The number of hydrogen-bond donors (Lipinski definition) is 2. The highest BCUT2D eigenvalue weighted by Gasteiger charge is 2.46. The predicted molar refractivity (Wildman–Crippen MR) is 204 cm³/mol. The number of sulfonamides is 1. The summed E-state index contributed by atoms with van der Waals surface area (Å²) in [6.45, 7) is 5.15. The zero-order valence-electron chi connectivity index (χ0n) is 30.5. The monoisotopic (exact) mass is 782 g/mol. The molecule has 1 aliphatic carbocycles. The lowest BCUT2D eigenvalue weighted by Gasteiger charge is -2.32. The molecular formula is C41H45F3N2O6S2. The normalized spacial score (nSPS) is 14.9. The Kier molecular flexibility index (Phi) is 12.9. The minimum atomic E-state index is -4.90. The first-order valence-electron chi connectivity index (χ1n) is 17.6. The van der Waals surface area contributed by atoms with Gasteiger partial charge in [0, 0.05) is 28.6 Å². The number of ketones is 1. The fourth-order valence-electron chi connectivity index (χ4n) is 6.61. The summed E-state index contributed by atoms with van der Waals surface area (Å²) in [5.74, 6) is -4.02. The van der Waals surface area contributed by atoms with Gasteiger partial charge in [-0.05, 0) is 64.8 Å². The van der Waals surface area contributed by atoms with Crippen molar-refractivity contribution in [2.24, 2.45) is 5.41 Å². The fraction of sp³-hybridized carbons (Fsp3) is 0.366. The summed E-state index contributed by atoms with van der Waals surface area (Å²) >= 11 is 0.705. The summed E-state index contributed by atoms with van der Waals surface area (Å²) in [5, 5.41) is 13.2. The number of aliphatic hydroxyl groups excluding tert-OH is 1. The van der Waals surface area contributed by atoms with Crippen LogP contribution in [0.4, 0.5) is 18.0 Å². The number of ether oxygens (including phenoxy) is 1. The number of fused-ring (bicyclic) bond motifs is 1. The number of halogens is 3. The number of carbonyl (C=O) groups is 2. The molecule has 0 unspecified atom stereocenters. The molecule has 2 N–H and O–H groups in total. The van der Waals surface area contributed by atoms with Gasteiger partial charge in [-0.15, -0.1) is 11.3 Å². The summed E-state index contributed by atoms with van der Waals surface area (Å²) in [6.07, 6.45) is -2.03. The lowest BCUT2D eigenvalue weighted by atomic mass is 9.81. The minimum Gasteiger partial charge on any atom is -0.453 e. The largest absolute Gasteiger partial charge is 0.453 e. The summed E-state index contributed by atoms with van der Waals surface area (Å²) in [4.78, 5) is 26.7. The third kappa shape index (κ3) is 9.67. The Labute approximate surface area is 318 Å². The Morgan fingerprint density at radius 2 is 1.54 bits per heavy atom. The van der Waals surface area contributed by atoms with Gasteiger partial charge in [0.15, 0.2) is 5.78 Å². The number of nitrogens with zero attached hydrogens (tertiary/aromatic N) is 1. The van der Waals surface area contributed by atoms with Crippen LogP contribution in [-0.4, -0.2) is 62.2 Å². The highest BCUT2D eigenvalue weighted by molar-refractivity contribution is 7.89. The maximum atomic E-state index is 15.0. The van der Waals surface area contributed by atoms with Crippen molar-refractivity contribution in [2.45, 2.75) is 75.0 Å². The molecule has 1 heterocycles. The van der Waals surface area contributed by atoms with Crippen molar-refractivity contribution in [3.05, 3.63) is 129 Å². The zero-order chi connectivity index (χ0) is 39.3. The third-order valence-electron chi connectivity index (χ3n) is 9.54. The molecule has 54 heavy (non-hydrogen) atoms. The number of nitrogens with one attached hydrogen (secondary N) is 1. The van der Waals surface area contributed by atoms with Gasteiger partial charge in [-0.3, -0.25) is 4.79 Å². The Bertz CT molecular complexity index is 2000. The number of alkyl carbamates (subject to hydrolysis) is 1. The van der Waals surface area contributed by atoms with Crippen molar-refractivity contribution in [3.63, 3.8) is 0 Å². The third-order valence-corrected chi connectivity index (χ3v) is 12.7. The summed E-state index contributed by atoms with van der Waals surface area (Å²) < 4.78 is 79.5. The Hall–Kier alpha value is -4.30. The standard InChI is InChI=1S/C41H45F3N2O6S2/c1-40(2,3)22-23-46(54(50,51)31-19-18-27-16-11-17-30(27)24-31)33(26-47)36-21-20-35(53-36)32(41(42,43)44)25-34(48)38(45-39(49)52-4)37(28-12-7-5-8-13-28)29-14-9-6-10-15-29/h5-15,17-21,24,32-33,37-38,47H,16,22-23,25-26H2,1-4H3,(H,45,49)/t32-,33-,38-/m1/s1. The molecule has 3 atom stereocenters. The first kappa shape index (κ1) is 40.9. The topological polar surface area (TPSA) is 113 Å². The molecule has 5 rings (SSSR count). The number of thiophene rings is 1. The molecule has 1 aromatic heterocycles. The number of carbonyl (C=O) groups excluding carboxylic acids is 2. The number of methoxy groups -OCH3 is 1. The molecule has 0 saturated heterocycles. The second-order valence-corrected chi connectivity index (χ2v) is 17.5. The molecule has 0 radical (unpaired) electrons. The summed E-state index contributed by atoms with van der Waals surface area (Å²) in [5.41, 5.74) is 2.64. The number of allylic oxidation sites excluding steroid dienone is 1. The van der Waals surface area contributed by atoms with Gasteiger partial charge in [0.2, 0.25) is 10.0 Å². The predicted octanol–water partition coefficient (Wildman–Crippen LogP) is 8.64. The van der Waals surface area contributed by atoms with Crippen LogP contribution in [0.5, 0.6) is 0 Å². The SMILES string of the molecule is COC(=O)N[C@H](C(=O)C[C@H](c1ccc([C@@H](CO)N(CCC(C)(C)C)S(=O)(=O)c2ccc3c(c2)C=CC3)s1)C(F)(F)F)C(c1ccccc1)c1ccccc1. The first-order valence-corrected chi connectivity index (χ1v) is 19.8. The van der Waals surface area contributed by atoms with Gasteiger partial charge in [0.05, 0.1) is 30.6 Å². The van der Waals surface area contributed by atoms with Crippen LogP contribution in [0.1, 0.15) is 83.5 Å². The molecule has 8 nitrogen and oxygen atoms in total. The van der Waals surface area contributed by atoms with E-state index < -0.39 is 65.0 Å². The van der Waals surface area contributed by atoms with Crippen LogP contribution in [0.25, 0.3) is 6.08 Å². The van der Waals surface area contributed by atoms with E-state index in [-0.39, 0.29) is 26.6 Å². The quantitative estimate of drug-likeness (QED) is 0.125. The molecule has 3 aromatic carbocycles. The van der Waals surface area contributed by atoms with Crippen molar-refractivity contribution in [3.8, 4) is 0 Å². The molecule has 0 bridgehead atoms. The van der Waals surface area contributed by atoms with Gasteiger partial charge in [-0.1, -0.05) is 99.7 Å². The average molecular weight is 783 g/mol. The number of amides is 1. The number of benzene rings is 3. The molecule has 4 aromatic rings. The highest BCUT2D eigenvalue weighted by Crippen LogP contribution is 2.44. The summed E-state index contributed by atoms with van der Waals surface area (Å²) in [7, 11) is -3.13. The number of Topliss-reactive ketones (excluding diaryl/α,β-unsaturated/α-hetero) is 1. The van der Waals surface area contributed by atoms with Crippen LogP contribution < -0.4 is 5.32 Å². The number of alkyl halides is 3. The Morgan fingerprint density at radius 3 is 2.09 bits per heavy atom. The Balaban J connectivity index is 1.51. The number of aliphatic hydroxyl groups is 1. The maximum Gasteiger partial charge on any atom is 0.407 e.